The van der Waals surface area contributed by atoms with E-state index in [-0.39, 0.29) is 31.6 Å². The van der Waals surface area contributed by atoms with Crippen molar-refractivity contribution in [3.63, 3.8) is 0 Å². The molecule has 3 nitrogen and oxygen atoms in total. The number of carbonyl (C=O) groups is 1. The Morgan fingerprint density at radius 1 is 1.11 bits per heavy atom. The Hall–Kier alpha value is -1.36. The van der Waals surface area contributed by atoms with Gasteiger partial charge in [0.15, 0.2) is 5.60 Å². The monoisotopic (exact) mass is 399 g/mol. The maximum atomic E-state index is 13.8. The summed E-state index contributed by atoms with van der Waals surface area (Å²) in [6.45, 7) is 5.75. The molecule has 27 heavy (non-hydrogen) atoms. The largest absolute Gasteiger partial charge is 0.477 e. The Morgan fingerprint density at radius 3 is 2.19 bits per heavy atom. The topological polar surface area (TPSA) is 29.5 Å². The van der Waals surface area contributed by atoms with Crippen molar-refractivity contribution in [2.45, 2.75) is 63.9 Å². The molecule has 1 aromatic rings. The lowest BCUT2D eigenvalue weighted by Gasteiger charge is -2.43. The summed E-state index contributed by atoms with van der Waals surface area (Å²) in [6, 6.07) is 6.74. The number of hydrogen-bond donors (Lipinski definition) is 0. The molecule has 1 saturated heterocycles. The van der Waals surface area contributed by atoms with Gasteiger partial charge in [-0.05, 0) is 48.9 Å². The SMILES string of the molecule is CC(C)C1CCN(C(=O)C2(Oc3ccc(Cl)cc3)CCC(F)(F)CC2)CC1. The zero-order valence-corrected chi connectivity index (χ0v) is 16.8. The maximum Gasteiger partial charge on any atom is 0.266 e. The molecule has 1 saturated carbocycles. The molecule has 0 bridgehead atoms. The lowest BCUT2D eigenvalue weighted by atomic mass is 9.80. The molecule has 2 fully saturated rings. The smallest absolute Gasteiger partial charge is 0.266 e. The van der Waals surface area contributed by atoms with Crippen molar-refractivity contribution < 1.29 is 18.3 Å². The van der Waals surface area contributed by atoms with Crippen LogP contribution in [0.25, 0.3) is 0 Å². The number of hydrogen-bond acceptors (Lipinski definition) is 2. The number of benzene rings is 1. The van der Waals surface area contributed by atoms with Gasteiger partial charge in [0.2, 0.25) is 5.92 Å². The maximum absolute atomic E-state index is 13.8. The van der Waals surface area contributed by atoms with Gasteiger partial charge in [-0.15, -0.1) is 0 Å². The van der Waals surface area contributed by atoms with Gasteiger partial charge in [-0.25, -0.2) is 8.78 Å². The highest BCUT2D eigenvalue weighted by Crippen LogP contribution is 2.42. The first-order chi connectivity index (χ1) is 12.7. The number of nitrogens with zero attached hydrogens (tertiary/aromatic N) is 1. The van der Waals surface area contributed by atoms with Crippen LogP contribution in [0.4, 0.5) is 8.78 Å². The molecule has 1 amide bonds. The summed E-state index contributed by atoms with van der Waals surface area (Å²) in [7, 11) is 0. The van der Waals surface area contributed by atoms with Crippen LogP contribution in [0.1, 0.15) is 52.4 Å². The standard InChI is InChI=1S/C21H28ClF2NO2/c1-15(2)16-7-13-25(14-8-16)19(26)20(9-11-21(23,24)12-10-20)27-18-5-3-17(22)4-6-18/h3-6,15-16H,7-14H2,1-2H3. The molecule has 0 unspecified atom stereocenters. The van der Waals surface area contributed by atoms with Crippen LogP contribution in [0, 0.1) is 11.8 Å². The number of rotatable bonds is 4. The normalized spacial score (nSPS) is 22.7. The molecular weight excluding hydrogens is 372 g/mol. The van der Waals surface area contributed by atoms with Gasteiger partial charge in [0.25, 0.3) is 5.91 Å². The minimum atomic E-state index is -2.72. The van der Waals surface area contributed by atoms with E-state index in [0.717, 1.165) is 12.8 Å². The van der Waals surface area contributed by atoms with E-state index in [2.05, 4.69) is 13.8 Å². The minimum absolute atomic E-state index is 0.0333. The van der Waals surface area contributed by atoms with Crippen LogP contribution in [-0.2, 0) is 4.79 Å². The zero-order chi connectivity index (χ0) is 19.7. The van der Waals surface area contributed by atoms with Crippen LogP contribution in [0.15, 0.2) is 24.3 Å². The molecule has 150 valence electrons. The molecular formula is C21H28ClF2NO2. The Labute approximate surface area is 165 Å². The van der Waals surface area contributed by atoms with Crippen LogP contribution in [0.2, 0.25) is 5.02 Å². The van der Waals surface area contributed by atoms with Crippen LogP contribution < -0.4 is 4.74 Å². The van der Waals surface area contributed by atoms with Crippen molar-refractivity contribution in [1.82, 2.24) is 4.90 Å². The van der Waals surface area contributed by atoms with E-state index < -0.39 is 11.5 Å². The van der Waals surface area contributed by atoms with Crippen molar-refractivity contribution in [3.8, 4) is 5.75 Å². The third-order valence-electron chi connectivity index (χ3n) is 6.08. The van der Waals surface area contributed by atoms with Gasteiger partial charge in [-0.1, -0.05) is 25.4 Å². The zero-order valence-electron chi connectivity index (χ0n) is 16.0. The first-order valence-corrected chi connectivity index (χ1v) is 10.2. The Morgan fingerprint density at radius 2 is 1.67 bits per heavy atom. The summed E-state index contributed by atoms with van der Waals surface area (Å²) < 4.78 is 33.7. The van der Waals surface area contributed by atoms with E-state index >= 15 is 0 Å². The molecule has 6 heteroatoms. The predicted octanol–water partition coefficient (Wildman–Crippen LogP) is 5.56. The molecule has 1 aliphatic heterocycles. The van der Waals surface area contributed by atoms with E-state index in [4.69, 9.17) is 16.3 Å². The fourth-order valence-corrected chi connectivity index (χ4v) is 4.29. The minimum Gasteiger partial charge on any atom is -0.477 e. The molecule has 3 rings (SSSR count). The molecule has 0 atom stereocenters. The second kappa shape index (κ2) is 7.94. The van der Waals surface area contributed by atoms with Gasteiger partial charge >= 0.3 is 0 Å². The van der Waals surface area contributed by atoms with E-state index in [1.165, 1.54) is 0 Å². The summed E-state index contributed by atoms with van der Waals surface area (Å²) in [4.78, 5) is 15.2. The van der Waals surface area contributed by atoms with Gasteiger partial charge in [0.05, 0.1) is 0 Å². The molecule has 2 aliphatic rings. The van der Waals surface area contributed by atoms with Crippen molar-refractivity contribution in [2.24, 2.45) is 11.8 Å². The highest BCUT2D eigenvalue weighted by Gasteiger charge is 2.51. The fraction of sp³-hybridized carbons (Fsp3) is 0.667. The Bertz CT molecular complexity index is 645. The van der Waals surface area contributed by atoms with Gasteiger partial charge < -0.3 is 9.64 Å². The number of alkyl halides is 2. The van der Waals surface area contributed by atoms with Crippen LogP contribution in [0.5, 0.6) is 5.75 Å². The highest BCUT2D eigenvalue weighted by molar-refractivity contribution is 6.30. The van der Waals surface area contributed by atoms with Crippen molar-refractivity contribution in [3.05, 3.63) is 29.3 Å². The lowest BCUT2D eigenvalue weighted by molar-refractivity contribution is -0.161. The Kier molecular flexibility index (Phi) is 5.99. The molecule has 0 N–H and O–H groups in total. The number of piperidine rings is 1. The summed E-state index contributed by atoms with van der Waals surface area (Å²) in [5, 5.41) is 0.564. The van der Waals surface area contributed by atoms with Gasteiger partial charge in [0, 0.05) is 43.8 Å². The molecule has 1 aromatic carbocycles. The summed E-state index contributed by atoms with van der Waals surface area (Å²) in [5.41, 5.74) is -1.21. The van der Waals surface area contributed by atoms with Gasteiger partial charge in [0.1, 0.15) is 5.75 Å². The fourth-order valence-electron chi connectivity index (χ4n) is 4.16. The second-order valence-corrected chi connectivity index (χ2v) is 8.72. The predicted molar refractivity (Wildman–Crippen MR) is 102 cm³/mol. The van der Waals surface area contributed by atoms with E-state index in [1.54, 1.807) is 24.3 Å². The summed E-state index contributed by atoms with van der Waals surface area (Å²) >= 11 is 5.92. The number of carbonyl (C=O) groups excluding carboxylic acids is 1. The first kappa shape index (κ1) is 20.4. The quantitative estimate of drug-likeness (QED) is 0.663. The summed E-state index contributed by atoms with van der Waals surface area (Å²) in [6.07, 6.45) is 1.33. The average molecular weight is 400 g/mol. The van der Waals surface area contributed by atoms with Crippen LogP contribution >= 0.6 is 11.6 Å². The molecule has 0 aromatic heterocycles. The molecule has 1 heterocycles. The number of amides is 1. The average Bonchev–Trinajstić information content (AvgIpc) is 2.65. The van der Waals surface area contributed by atoms with Crippen molar-refractivity contribution in [2.75, 3.05) is 13.1 Å². The number of ether oxygens (including phenoxy) is 1. The molecule has 0 spiro atoms. The van der Waals surface area contributed by atoms with E-state index in [9.17, 15) is 13.6 Å². The molecule has 1 aliphatic carbocycles. The number of halogens is 3. The first-order valence-electron chi connectivity index (χ1n) is 9.83. The summed E-state index contributed by atoms with van der Waals surface area (Å²) in [5.74, 6) is -1.17. The second-order valence-electron chi connectivity index (χ2n) is 8.28. The van der Waals surface area contributed by atoms with Gasteiger partial charge in [-0.2, -0.15) is 0 Å². The Balaban J connectivity index is 1.77. The molecule has 0 radical (unpaired) electrons. The van der Waals surface area contributed by atoms with E-state index in [0.29, 0.717) is 35.7 Å². The third-order valence-corrected chi connectivity index (χ3v) is 6.33. The van der Waals surface area contributed by atoms with Crippen molar-refractivity contribution in [1.29, 1.82) is 0 Å². The van der Waals surface area contributed by atoms with Gasteiger partial charge in [-0.3, -0.25) is 4.79 Å². The third kappa shape index (κ3) is 4.74. The highest BCUT2D eigenvalue weighted by atomic mass is 35.5. The van der Waals surface area contributed by atoms with Crippen LogP contribution in [0.3, 0.4) is 0 Å². The number of likely N-dealkylation sites (tertiary alicyclic amines) is 1. The lowest BCUT2D eigenvalue weighted by Crippen LogP contribution is -2.57. The van der Waals surface area contributed by atoms with Crippen LogP contribution in [-0.4, -0.2) is 35.4 Å². The van der Waals surface area contributed by atoms with Crippen molar-refractivity contribution >= 4 is 17.5 Å². The van der Waals surface area contributed by atoms with E-state index in [1.807, 2.05) is 4.90 Å².